The second-order valence-corrected chi connectivity index (χ2v) is 4.96. The summed E-state index contributed by atoms with van der Waals surface area (Å²) in [6.07, 6.45) is 9.30. The van der Waals surface area contributed by atoms with E-state index in [1.54, 1.807) is 0 Å². The van der Waals surface area contributed by atoms with Crippen LogP contribution in [0.1, 0.15) is 64.7 Å². The number of nitrogens with one attached hydrogen (secondary N) is 1. The summed E-state index contributed by atoms with van der Waals surface area (Å²) in [7, 11) is 0. The predicted molar refractivity (Wildman–Crippen MR) is 70.5 cm³/mol. The summed E-state index contributed by atoms with van der Waals surface area (Å²) >= 11 is 0. The average Bonchev–Trinajstić information content (AvgIpc) is 2.37. The first-order chi connectivity index (χ1) is 8.74. The van der Waals surface area contributed by atoms with Gasteiger partial charge in [0.05, 0.1) is 12.6 Å². The molecule has 1 atom stereocenters. The molecule has 1 amide bonds. The van der Waals surface area contributed by atoms with Gasteiger partial charge in [0.15, 0.2) is 5.78 Å². The van der Waals surface area contributed by atoms with Gasteiger partial charge in [0, 0.05) is 6.42 Å². The molecule has 0 saturated heterocycles. The highest BCUT2D eigenvalue weighted by molar-refractivity contribution is 5.92. The standard InChI is InChI=1S/C14H25NO3/c1-2-3-4-5-6-7-8-11-18-14(17)15-12-9-10-13(12)16/h12H,2-11H2,1H3,(H,15,17)/t12-/m0/s1. The predicted octanol–water partition coefficient (Wildman–Crippen LogP) is 3.19. The lowest BCUT2D eigenvalue weighted by Crippen LogP contribution is -2.47. The van der Waals surface area contributed by atoms with Crippen molar-refractivity contribution in [3.05, 3.63) is 0 Å². The molecule has 4 heteroatoms. The monoisotopic (exact) mass is 255 g/mol. The van der Waals surface area contributed by atoms with Gasteiger partial charge in [0.1, 0.15) is 0 Å². The number of carbonyl (C=O) groups is 2. The number of unbranched alkanes of at least 4 members (excludes halogenated alkanes) is 6. The molecular formula is C14H25NO3. The maximum Gasteiger partial charge on any atom is 0.407 e. The number of ketones is 1. The summed E-state index contributed by atoms with van der Waals surface area (Å²) in [5.74, 6) is 0.114. The summed E-state index contributed by atoms with van der Waals surface area (Å²) in [5.41, 5.74) is 0. The minimum Gasteiger partial charge on any atom is -0.450 e. The van der Waals surface area contributed by atoms with Crippen LogP contribution in [0.25, 0.3) is 0 Å². The second kappa shape index (κ2) is 8.95. The van der Waals surface area contributed by atoms with Crippen LogP contribution in [0, 0.1) is 0 Å². The number of carbonyl (C=O) groups excluding carboxylic acids is 2. The van der Waals surface area contributed by atoms with Gasteiger partial charge < -0.3 is 10.1 Å². The Kier molecular flexibility index (Phi) is 7.46. The van der Waals surface area contributed by atoms with Gasteiger partial charge in [-0.2, -0.15) is 0 Å². The minimum atomic E-state index is -0.445. The molecule has 0 radical (unpaired) electrons. The summed E-state index contributed by atoms with van der Waals surface area (Å²) < 4.78 is 5.02. The number of amides is 1. The Morgan fingerprint density at radius 2 is 1.89 bits per heavy atom. The molecule has 1 saturated carbocycles. The van der Waals surface area contributed by atoms with Crippen LogP contribution >= 0.6 is 0 Å². The fourth-order valence-electron chi connectivity index (χ4n) is 1.97. The number of hydrogen-bond donors (Lipinski definition) is 1. The van der Waals surface area contributed by atoms with Gasteiger partial charge in [0.25, 0.3) is 0 Å². The highest BCUT2D eigenvalue weighted by Crippen LogP contribution is 2.13. The first-order valence-corrected chi connectivity index (χ1v) is 7.20. The molecule has 0 bridgehead atoms. The average molecular weight is 255 g/mol. The molecule has 0 spiro atoms. The van der Waals surface area contributed by atoms with Gasteiger partial charge in [-0.3, -0.25) is 4.79 Å². The summed E-state index contributed by atoms with van der Waals surface area (Å²) in [4.78, 5) is 22.3. The molecule has 0 aromatic rings. The van der Waals surface area contributed by atoms with Crippen LogP contribution in [0.15, 0.2) is 0 Å². The third kappa shape index (κ3) is 6.03. The fourth-order valence-corrected chi connectivity index (χ4v) is 1.97. The zero-order valence-electron chi connectivity index (χ0n) is 11.4. The van der Waals surface area contributed by atoms with Crippen LogP contribution in [-0.2, 0) is 9.53 Å². The van der Waals surface area contributed by atoms with Gasteiger partial charge in [-0.05, 0) is 12.8 Å². The molecule has 0 heterocycles. The summed E-state index contributed by atoms with van der Waals surface area (Å²) in [6.45, 7) is 2.67. The van der Waals surface area contributed by atoms with Crippen LogP contribution in [-0.4, -0.2) is 24.5 Å². The summed E-state index contributed by atoms with van der Waals surface area (Å²) in [5, 5.41) is 2.57. The van der Waals surface area contributed by atoms with Crippen LogP contribution in [0.5, 0.6) is 0 Å². The second-order valence-electron chi connectivity index (χ2n) is 4.96. The number of hydrogen-bond acceptors (Lipinski definition) is 3. The molecule has 0 unspecified atom stereocenters. The zero-order chi connectivity index (χ0) is 13.2. The molecule has 0 aromatic heterocycles. The molecule has 1 aliphatic rings. The first kappa shape index (κ1) is 15.0. The Morgan fingerprint density at radius 3 is 2.44 bits per heavy atom. The molecule has 0 aliphatic heterocycles. The Hall–Kier alpha value is -1.06. The number of alkyl carbamates (subject to hydrolysis) is 1. The van der Waals surface area contributed by atoms with Gasteiger partial charge in [-0.15, -0.1) is 0 Å². The largest absolute Gasteiger partial charge is 0.450 e. The third-order valence-corrected chi connectivity index (χ3v) is 3.34. The maximum absolute atomic E-state index is 11.3. The van der Waals surface area contributed by atoms with E-state index in [1.165, 1.54) is 32.1 Å². The molecule has 4 nitrogen and oxygen atoms in total. The zero-order valence-corrected chi connectivity index (χ0v) is 11.4. The van der Waals surface area contributed by atoms with E-state index >= 15 is 0 Å². The smallest absolute Gasteiger partial charge is 0.407 e. The molecule has 18 heavy (non-hydrogen) atoms. The Morgan fingerprint density at radius 1 is 1.22 bits per heavy atom. The van der Waals surface area contributed by atoms with Crippen molar-refractivity contribution in [3.63, 3.8) is 0 Å². The van der Waals surface area contributed by atoms with E-state index in [9.17, 15) is 9.59 Å². The van der Waals surface area contributed by atoms with Gasteiger partial charge in [-0.25, -0.2) is 4.79 Å². The van der Waals surface area contributed by atoms with E-state index in [0.29, 0.717) is 13.0 Å². The van der Waals surface area contributed by atoms with Gasteiger partial charge in [0.2, 0.25) is 0 Å². The van der Waals surface area contributed by atoms with Crippen molar-refractivity contribution in [3.8, 4) is 0 Å². The molecule has 1 fully saturated rings. The highest BCUT2D eigenvalue weighted by Gasteiger charge is 2.29. The third-order valence-electron chi connectivity index (χ3n) is 3.34. The topological polar surface area (TPSA) is 55.4 Å². The van der Waals surface area contributed by atoms with Crippen LogP contribution < -0.4 is 5.32 Å². The van der Waals surface area contributed by atoms with Crippen molar-refractivity contribution in [2.24, 2.45) is 0 Å². The number of Topliss-reactive ketones (excluding diaryl/α,β-unsaturated/α-hetero) is 1. The number of rotatable bonds is 9. The maximum atomic E-state index is 11.3. The lowest BCUT2D eigenvalue weighted by Gasteiger charge is -2.24. The van der Waals surface area contributed by atoms with Crippen LogP contribution in [0.2, 0.25) is 0 Å². The van der Waals surface area contributed by atoms with Gasteiger partial charge in [-0.1, -0.05) is 45.4 Å². The first-order valence-electron chi connectivity index (χ1n) is 7.20. The van der Waals surface area contributed by atoms with Crippen molar-refractivity contribution in [1.82, 2.24) is 5.32 Å². The highest BCUT2D eigenvalue weighted by atomic mass is 16.5. The van der Waals surface area contributed by atoms with Crippen molar-refractivity contribution >= 4 is 11.9 Å². The summed E-state index contributed by atoms with van der Waals surface area (Å²) in [6, 6.07) is -0.286. The Balaban J connectivity index is 1.85. The molecular weight excluding hydrogens is 230 g/mol. The van der Waals surface area contributed by atoms with E-state index in [1.807, 2.05) is 0 Å². The van der Waals surface area contributed by atoms with Crippen molar-refractivity contribution in [2.45, 2.75) is 70.8 Å². The fraction of sp³-hybridized carbons (Fsp3) is 0.857. The lowest BCUT2D eigenvalue weighted by atomic mass is 9.91. The van der Waals surface area contributed by atoms with E-state index in [2.05, 4.69) is 12.2 Å². The molecule has 104 valence electrons. The van der Waals surface area contributed by atoms with E-state index < -0.39 is 6.09 Å². The van der Waals surface area contributed by atoms with E-state index in [-0.39, 0.29) is 11.8 Å². The van der Waals surface area contributed by atoms with Crippen molar-refractivity contribution in [2.75, 3.05) is 6.61 Å². The van der Waals surface area contributed by atoms with Crippen LogP contribution in [0.4, 0.5) is 4.79 Å². The Labute approximate surface area is 109 Å². The van der Waals surface area contributed by atoms with E-state index in [4.69, 9.17) is 4.74 Å². The lowest BCUT2D eigenvalue weighted by molar-refractivity contribution is -0.126. The normalized spacial score (nSPS) is 18.3. The molecule has 1 rings (SSSR count). The van der Waals surface area contributed by atoms with Crippen LogP contribution in [0.3, 0.4) is 0 Å². The SMILES string of the molecule is CCCCCCCCCOC(=O)N[C@H]1CCC1=O. The van der Waals surface area contributed by atoms with E-state index in [0.717, 1.165) is 19.3 Å². The van der Waals surface area contributed by atoms with Gasteiger partial charge >= 0.3 is 6.09 Å². The van der Waals surface area contributed by atoms with Crippen molar-refractivity contribution in [1.29, 1.82) is 0 Å². The quantitative estimate of drug-likeness (QED) is 0.644. The van der Waals surface area contributed by atoms with Crippen molar-refractivity contribution < 1.29 is 14.3 Å². The molecule has 1 aliphatic carbocycles. The molecule has 1 N–H and O–H groups in total. The minimum absolute atomic E-state index is 0.114. The number of ether oxygens (including phenoxy) is 1. The molecule has 0 aromatic carbocycles. The Bertz CT molecular complexity index is 266.